The van der Waals surface area contributed by atoms with Crippen molar-refractivity contribution in [3.05, 3.63) is 28.3 Å². The van der Waals surface area contributed by atoms with Crippen molar-refractivity contribution in [1.82, 2.24) is 0 Å². The first-order valence-electron chi connectivity index (χ1n) is 12.2. The number of aryl methyl sites for hydroxylation is 1. The summed E-state index contributed by atoms with van der Waals surface area (Å²) >= 11 is 0. The van der Waals surface area contributed by atoms with Gasteiger partial charge in [-0.25, -0.2) is 0 Å². The summed E-state index contributed by atoms with van der Waals surface area (Å²) in [5.41, 5.74) is 3.93. The Bertz CT molecular complexity index is 640. The average Bonchev–Trinajstić information content (AvgIpc) is 2.68. The Kier molecular flexibility index (Phi) is 12.1. The molecule has 1 aromatic carbocycles. The number of benzene rings is 1. The average molecular weight is 419 g/mol. The van der Waals surface area contributed by atoms with Gasteiger partial charge in [0.15, 0.2) is 0 Å². The lowest BCUT2D eigenvalue weighted by molar-refractivity contribution is -0.143. The van der Waals surface area contributed by atoms with E-state index in [-0.39, 0.29) is 11.4 Å². The second-order valence-corrected chi connectivity index (χ2v) is 9.83. The Hall–Kier alpha value is -1.51. The number of phenols is 1. The van der Waals surface area contributed by atoms with Crippen molar-refractivity contribution in [3.63, 3.8) is 0 Å². The molecule has 0 amide bonds. The van der Waals surface area contributed by atoms with E-state index in [1.165, 1.54) is 51.4 Å². The molecule has 0 heterocycles. The highest BCUT2D eigenvalue weighted by atomic mass is 16.5. The molecule has 0 radical (unpaired) electrons. The van der Waals surface area contributed by atoms with Crippen LogP contribution in [0, 0.1) is 13.8 Å². The summed E-state index contributed by atoms with van der Waals surface area (Å²) in [6.07, 6.45) is 13.9. The number of esters is 1. The van der Waals surface area contributed by atoms with Crippen molar-refractivity contribution in [2.45, 2.75) is 124 Å². The van der Waals surface area contributed by atoms with Gasteiger partial charge in [-0.15, -0.1) is 0 Å². The maximum absolute atomic E-state index is 12.2. The Labute approximate surface area is 185 Å². The maximum atomic E-state index is 12.2. The normalized spacial score (nSPS) is 11.7. The van der Waals surface area contributed by atoms with E-state index in [2.05, 4.69) is 33.8 Å². The van der Waals surface area contributed by atoms with Crippen molar-refractivity contribution in [2.75, 3.05) is 6.61 Å². The van der Waals surface area contributed by atoms with Gasteiger partial charge in [-0.1, -0.05) is 91.5 Å². The van der Waals surface area contributed by atoms with Gasteiger partial charge in [0.25, 0.3) is 0 Å². The predicted octanol–water partition coefficient (Wildman–Crippen LogP) is 7.70. The highest BCUT2D eigenvalue weighted by Gasteiger charge is 2.22. The predicted molar refractivity (Wildman–Crippen MR) is 127 cm³/mol. The van der Waals surface area contributed by atoms with Crippen molar-refractivity contribution < 1.29 is 14.6 Å². The monoisotopic (exact) mass is 418 g/mol. The highest BCUT2D eigenvalue weighted by Crippen LogP contribution is 2.36. The number of hydrogen-bond acceptors (Lipinski definition) is 3. The van der Waals surface area contributed by atoms with E-state index in [0.29, 0.717) is 25.2 Å². The number of aromatic hydroxyl groups is 1. The van der Waals surface area contributed by atoms with E-state index < -0.39 is 0 Å². The Morgan fingerprint density at radius 3 is 1.97 bits per heavy atom. The molecule has 0 saturated carbocycles. The van der Waals surface area contributed by atoms with E-state index in [1.807, 2.05) is 13.8 Å². The minimum atomic E-state index is -0.132. The zero-order chi connectivity index (χ0) is 22.6. The largest absolute Gasteiger partial charge is 0.507 e. The standard InChI is InChI=1S/C27H46O3/c1-7-8-9-10-11-12-13-14-15-16-19-30-25(28)18-17-23-20-24(27(4,5)6)26(29)22(3)21(23)2/h20,29H,7-19H2,1-6H3. The second-order valence-electron chi connectivity index (χ2n) is 9.83. The van der Waals surface area contributed by atoms with Crippen LogP contribution < -0.4 is 0 Å². The number of carbonyl (C=O) groups excluding carboxylic acids is 1. The molecule has 1 rings (SSSR count). The summed E-state index contributed by atoms with van der Waals surface area (Å²) in [5, 5.41) is 10.5. The topological polar surface area (TPSA) is 46.5 Å². The van der Waals surface area contributed by atoms with Crippen LogP contribution in [0.1, 0.15) is 121 Å². The lowest BCUT2D eigenvalue weighted by atomic mass is 9.82. The number of hydrogen-bond donors (Lipinski definition) is 1. The van der Waals surface area contributed by atoms with Crippen molar-refractivity contribution in [3.8, 4) is 5.75 Å². The molecular formula is C27H46O3. The van der Waals surface area contributed by atoms with Gasteiger partial charge in [0.2, 0.25) is 0 Å². The van der Waals surface area contributed by atoms with Crippen LogP contribution in [-0.4, -0.2) is 17.7 Å². The molecule has 1 N–H and O–H groups in total. The van der Waals surface area contributed by atoms with E-state index in [0.717, 1.165) is 35.1 Å². The number of carbonyl (C=O) groups is 1. The molecule has 0 aliphatic carbocycles. The fraction of sp³-hybridized carbons (Fsp3) is 0.741. The summed E-state index contributed by atoms with van der Waals surface area (Å²) < 4.78 is 5.44. The van der Waals surface area contributed by atoms with E-state index in [1.54, 1.807) is 0 Å². The number of rotatable bonds is 14. The third-order valence-corrected chi connectivity index (χ3v) is 6.14. The first kappa shape index (κ1) is 26.5. The molecule has 0 aliphatic rings. The molecule has 3 heteroatoms. The summed E-state index contributed by atoms with van der Waals surface area (Å²) in [6.45, 7) is 13.1. The maximum Gasteiger partial charge on any atom is 0.306 e. The van der Waals surface area contributed by atoms with Gasteiger partial charge in [0.1, 0.15) is 5.75 Å². The molecule has 0 fully saturated rings. The first-order chi connectivity index (χ1) is 14.2. The van der Waals surface area contributed by atoms with Crippen molar-refractivity contribution in [2.24, 2.45) is 0 Å². The Balaban J connectivity index is 2.27. The molecular weight excluding hydrogens is 372 g/mol. The zero-order valence-electron chi connectivity index (χ0n) is 20.5. The van der Waals surface area contributed by atoms with Gasteiger partial charge in [-0.05, 0) is 54.4 Å². The second kappa shape index (κ2) is 13.7. The summed E-state index contributed by atoms with van der Waals surface area (Å²) in [5.74, 6) is 0.264. The number of ether oxygens (including phenoxy) is 1. The first-order valence-corrected chi connectivity index (χ1v) is 12.2. The quantitative estimate of drug-likeness (QED) is 0.249. The molecule has 30 heavy (non-hydrogen) atoms. The fourth-order valence-electron chi connectivity index (χ4n) is 3.89. The molecule has 0 aliphatic heterocycles. The van der Waals surface area contributed by atoms with Gasteiger partial charge in [0.05, 0.1) is 6.61 Å². The molecule has 0 saturated heterocycles. The van der Waals surface area contributed by atoms with Gasteiger partial charge >= 0.3 is 5.97 Å². The Morgan fingerprint density at radius 2 is 1.43 bits per heavy atom. The van der Waals surface area contributed by atoms with Crippen LogP contribution in [0.3, 0.4) is 0 Å². The number of unbranched alkanes of at least 4 members (excludes halogenated alkanes) is 9. The van der Waals surface area contributed by atoms with Crippen LogP contribution in [0.4, 0.5) is 0 Å². The third-order valence-electron chi connectivity index (χ3n) is 6.14. The van der Waals surface area contributed by atoms with Crippen LogP contribution in [0.5, 0.6) is 5.75 Å². The van der Waals surface area contributed by atoms with Crippen LogP contribution in [0.15, 0.2) is 6.07 Å². The highest BCUT2D eigenvalue weighted by molar-refractivity contribution is 5.70. The molecule has 0 bridgehead atoms. The minimum absolute atomic E-state index is 0.117. The van der Waals surface area contributed by atoms with Crippen LogP contribution in [-0.2, 0) is 21.4 Å². The summed E-state index contributed by atoms with van der Waals surface area (Å²) in [4.78, 5) is 12.2. The molecule has 0 aromatic heterocycles. The molecule has 3 nitrogen and oxygen atoms in total. The lowest BCUT2D eigenvalue weighted by Gasteiger charge is -2.24. The molecule has 0 spiro atoms. The van der Waals surface area contributed by atoms with Gasteiger partial charge in [-0.2, -0.15) is 0 Å². The van der Waals surface area contributed by atoms with Gasteiger partial charge < -0.3 is 9.84 Å². The smallest absolute Gasteiger partial charge is 0.306 e. The van der Waals surface area contributed by atoms with E-state index >= 15 is 0 Å². The SMILES string of the molecule is CCCCCCCCCCCCOC(=O)CCc1cc(C(C)(C)C)c(O)c(C)c1C. The van der Waals surface area contributed by atoms with Crippen molar-refractivity contribution in [1.29, 1.82) is 0 Å². The van der Waals surface area contributed by atoms with E-state index in [4.69, 9.17) is 4.74 Å². The molecule has 0 unspecified atom stereocenters. The summed E-state index contributed by atoms with van der Waals surface area (Å²) in [7, 11) is 0. The fourth-order valence-corrected chi connectivity index (χ4v) is 3.89. The van der Waals surface area contributed by atoms with Crippen LogP contribution in [0.2, 0.25) is 0 Å². The summed E-state index contributed by atoms with van der Waals surface area (Å²) in [6, 6.07) is 2.06. The third kappa shape index (κ3) is 9.53. The molecule has 1 aromatic rings. The Morgan fingerprint density at radius 1 is 0.900 bits per heavy atom. The van der Waals surface area contributed by atoms with Gasteiger partial charge in [0, 0.05) is 6.42 Å². The van der Waals surface area contributed by atoms with Crippen molar-refractivity contribution >= 4 is 5.97 Å². The van der Waals surface area contributed by atoms with Crippen LogP contribution in [0.25, 0.3) is 0 Å². The van der Waals surface area contributed by atoms with Gasteiger partial charge in [-0.3, -0.25) is 4.79 Å². The minimum Gasteiger partial charge on any atom is -0.507 e. The lowest BCUT2D eigenvalue weighted by Crippen LogP contribution is -2.14. The molecule has 0 atom stereocenters. The number of phenolic OH excluding ortho intramolecular Hbond substituents is 1. The molecule has 172 valence electrons. The zero-order valence-corrected chi connectivity index (χ0v) is 20.5. The van der Waals surface area contributed by atoms with E-state index in [9.17, 15) is 9.90 Å². The van der Waals surface area contributed by atoms with Crippen LogP contribution >= 0.6 is 0 Å².